The number of anilines is 2. The Kier molecular flexibility index (Phi) is 9.83. The Balaban J connectivity index is 1.60. The molecule has 0 heterocycles. The number of Topliss-reactive ketones (excluding diaryl/α,β-unsaturated/α-hetero) is 1. The largest absolute Gasteiger partial charge is 0.478 e. The molecule has 0 aliphatic rings. The van der Waals surface area contributed by atoms with E-state index in [4.69, 9.17) is 0 Å². The van der Waals surface area contributed by atoms with Gasteiger partial charge in [-0.3, -0.25) is 14.4 Å². The molecule has 0 aliphatic heterocycles. The fourth-order valence-electron chi connectivity index (χ4n) is 4.47. The maximum absolute atomic E-state index is 13.2. The molecular weight excluding hydrogens is 604 g/mol. The van der Waals surface area contributed by atoms with Gasteiger partial charge < -0.3 is 25.6 Å². The van der Waals surface area contributed by atoms with Crippen LogP contribution in [-0.2, 0) is 6.42 Å². The number of ketones is 1. The number of carbonyl (C=O) groups excluding carboxylic acids is 3. The van der Waals surface area contributed by atoms with Crippen molar-refractivity contribution in [1.29, 1.82) is 5.26 Å². The number of carboxylic acids is 2. The number of nitrogens with one attached hydrogen (secondary N) is 2. The third-order valence-corrected chi connectivity index (χ3v) is 6.64. The average Bonchev–Trinajstić information content (AvgIpc) is 3.02. The number of halogens is 2. The Hall–Kier alpha value is -6.42. The molecule has 13 heteroatoms. The summed E-state index contributed by atoms with van der Waals surface area (Å²) in [5.41, 5.74) is -0.350. The molecule has 0 unspecified atom stereocenters. The highest BCUT2D eigenvalue weighted by Gasteiger charge is 2.22. The summed E-state index contributed by atoms with van der Waals surface area (Å²) < 4.78 is 30.6. The van der Waals surface area contributed by atoms with E-state index in [2.05, 4.69) is 15.4 Å². The molecule has 0 radical (unpaired) electrons. The molecule has 4 N–H and O–H groups in total. The number of alkyl halides is 2. The molecule has 0 bridgehead atoms. The van der Waals surface area contributed by atoms with Crippen LogP contribution in [0.3, 0.4) is 0 Å². The lowest BCUT2D eigenvalue weighted by atomic mass is 9.97. The summed E-state index contributed by atoms with van der Waals surface area (Å²) in [5, 5.41) is 33.4. The molecule has 0 saturated carbocycles. The van der Waals surface area contributed by atoms with Crippen molar-refractivity contribution >= 4 is 40.9 Å². The van der Waals surface area contributed by atoms with Gasteiger partial charge in [-0.25, -0.2) is 9.59 Å². The average molecular weight is 628 g/mol. The minimum atomic E-state index is -3.29. The minimum Gasteiger partial charge on any atom is -0.478 e. The van der Waals surface area contributed by atoms with Gasteiger partial charge in [0.15, 0.2) is 5.78 Å². The van der Waals surface area contributed by atoms with E-state index >= 15 is 0 Å². The highest BCUT2D eigenvalue weighted by Crippen LogP contribution is 2.29. The van der Waals surface area contributed by atoms with Gasteiger partial charge in [0.05, 0.1) is 39.2 Å². The zero-order chi connectivity index (χ0) is 33.5. The van der Waals surface area contributed by atoms with Gasteiger partial charge in [-0.2, -0.15) is 14.0 Å². The van der Waals surface area contributed by atoms with Crippen molar-refractivity contribution in [2.24, 2.45) is 0 Å². The third-order valence-electron chi connectivity index (χ3n) is 6.64. The van der Waals surface area contributed by atoms with Crippen molar-refractivity contribution in [3.63, 3.8) is 0 Å². The number of hydrogen-bond acceptors (Lipinski definition) is 7. The molecule has 4 aromatic carbocycles. The SMILES string of the molecule is Cc1ccc(NC(=O)c2ccc(CC(=O)c3ccc(OC(F)F)c(NC(=O)c4ccccc4C(=O)O)c3)cc2C(=O)O)c(C#N)c1. The normalized spacial score (nSPS) is 10.5. The van der Waals surface area contributed by atoms with Crippen molar-refractivity contribution in [3.05, 3.63) is 123 Å². The third kappa shape index (κ3) is 7.56. The molecule has 4 aromatic rings. The first-order chi connectivity index (χ1) is 21.9. The number of aromatic carboxylic acids is 2. The van der Waals surface area contributed by atoms with Crippen LogP contribution in [0.15, 0.2) is 78.9 Å². The van der Waals surface area contributed by atoms with E-state index in [1.54, 1.807) is 19.1 Å². The zero-order valence-electron chi connectivity index (χ0n) is 23.8. The van der Waals surface area contributed by atoms with E-state index in [9.17, 15) is 48.2 Å². The fourth-order valence-corrected chi connectivity index (χ4v) is 4.47. The summed E-state index contributed by atoms with van der Waals surface area (Å²) >= 11 is 0. The molecule has 0 spiro atoms. The molecule has 46 heavy (non-hydrogen) atoms. The van der Waals surface area contributed by atoms with Crippen LogP contribution in [-0.4, -0.2) is 46.4 Å². The number of carbonyl (C=O) groups is 5. The molecular formula is C33H23F2N3O8. The number of nitriles is 1. The van der Waals surface area contributed by atoms with Crippen molar-refractivity contribution in [3.8, 4) is 11.8 Å². The van der Waals surface area contributed by atoms with Gasteiger partial charge in [-0.15, -0.1) is 0 Å². The number of benzene rings is 4. The molecule has 2 amide bonds. The summed E-state index contributed by atoms with van der Waals surface area (Å²) in [4.78, 5) is 62.6. The molecule has 232 valence electrons. The van der Waals surface area contributed by atoms with Crippen LogP contribution in [0, 0.1) is 18.3 Å². The highest BCUT2D eigenvalue weighted by molar-refractivity contribution is 6.12. The van der Waals surface area contributed by atoms with E-state index in [0.717, 1.165) is 29.8 Å². The van der Waals surface area contributed by atoms with E-state index in [1.807, 2.05) is 6.07 Å². The van der Waals surface area contributed by atoms with Crippen molar-refractivity contribution < 1.29 is 47.7 Å². The van der Waals surface area contributed by atoms with Gasteiger partial charge >= 0.3 is 18.6 Å². The molecule has 0 saturated heterocycles. The van der Waals surface area contributed by atoms with E-state index in [1.165, 1.54) is 42.5 Å². The highest BCUT2D eigenvalue weighted by atomic mass is 19.3. The Morgan fingerprint density at radius 2 is 1.41 bits per heavy atom. The second-order valence-corrected chi connectivity index (χ2v) is 9.79. The van der Waals surface area contributed by atoms with Gasteiger partial charge in [0.2, 0.25) is 0 Å². The number of amides is 2. The number of rotatable bonds is 11. The van der Waals surface area contributed by atoms with Crippen LogP contribution in [0.25, 0.3) is 0 Å². The van der Waals surface area contributed by atoms with Crippen molar-refractivity contribution in [2.75, 3.05) is 10.6 Å². The topological polar surface area (TPSA) is 183 Å². The Morgan fingerprint density at radius 1 is 0.783 bits per heavy atom. The summed E-state index contributed by atoms with van der Waals surface area (Å²) in [7, 11) is 0. The van der Waals surface area contributed by atoms with Crippen molar-refractivity contribution in [1.82, 2.24) is 0 Å². The lowest BCUT2D eigenvalue weighted by Crippen LogP contribution is -2.18. The smallest absolute Gasteiger partial charge is 0.387 e. The molecule has 0 aromatic heterocycles. The number of aryl methyl sites for hydroxylation is 1. The van der Waals surface area contributed by atoms with Crippen molar-refractivity contribution in [2.45, 2.75) is 20.0 Å². The monoisotopic (exact) mass is 627 g/mol. The zero-order valence-corrected chi connectivity index (χ0v) is 23.8. The molecule has 0 fully saturated rings. The number of ether oxygens (including phenoxy) is 1. The number of carboxylic acid groups (broad SMARTS) is 2. The quantitative estimate of drug-likeness (QED) is 0.149. The van der Waals surface area contributed by atoms with Crippen LogP contribution in [0.1, 0.15) is 68.5 Å². The fraction of sp³-hybridized carbons (Fsp3) is 0.0909. The van der Waals surface area contributed by atoms with Gasteiger partial charge in [-0.05, 0) is 72.6 Å². The van der Waals surface area contributed by atoms with E-state index in [-0.39, 0.29) is 51.2 Å². The lowest BCUT2D eigenvalue weighted by Gasteiger charge is -2.14. The van der Waals surface area contributed by atoms with Gasteiger partial charge in [0, 0.05) is 12.0 Å². The molecule has 4 rings (SSSR count). The van der Waals surface area contributed by atoms with E-state index in [0.29, 0.717) is 0 Å². The Morgan fingerprint density at radius 3 is 2.04 bits per heavy atom. The first-order valence-corrected chi connectivity index (χ1v) is 13.3. The van der Waals surface area contributed by atoms with E-state index < -0.39 is 47.5 Å². The molecule has 11 nitrogen and oxygen atoms in total. The second-order valence-electron chi connectivity index (χ2n) is 9.79. The lowest BCUT2D eigenvalue weighted by molar-refractivity contribution is -0.0493. The predicted molar refractivity (Wildman–Crippen MR) is 160 cm³/mol. The van der Waals surface area contributed by atoms with Gasteiger partial charge in [0.1, 0.15) is 11.8 Å². The molecule has 0 aliphatic carbocycles. The van der Waals surface area contributed by atoms with Crippen LogP contribution >= 0.6 is 0 Å². The first kappa shape index (κ1) is 32.5. The van der Waals surface area contributed by atoms with Gasteiger partial charge in [-0.1, -0.05) is 24.3 Å². The Labute approximate surface area is 259 Å². The summed E-state index contributed by atoms with van der Waals surface area (Å²) in [6, 6.07) is 18.9. The predicted octanol–water partition coefficient (Wildman–Crippen LogP) is 5.79. The van der Waals surface area contributed by atoms with Crippen LogP contribution < -0.4 is 15.4 Å². The molecule has 0 atom stereocenters. The van der Waals surface area contributed by atoms with Gasteiger partial charge in [0.25, 0.3) is 11.8 Å². The maximum Gasteiger partial charge on any atom is 0.387 e. The summed E-state index contributed by atoms with van der Waals surface area (Å²) in [6.45, 7) is -1.52. The second kappa shape index (κ2) is 13.9. The number of nitrogens with zero attached hydrogens (tertiary/aromatic N) is 1. The number of hydrogen-bond donors (Lipinski definition) is 4. The van der Waals surface area contributed by atoms with Crippen LogP contribution in [0.2, 0.25) is 0 Å². The first-order valence-electron chi connectivity index (χ1n) is 13.3. The minimum absolute atomic E-state index is 0.0782. The summed E-state index contributed by atoms with van der Waals surface area (Å²) in [5.74, 6) is -5.72. The maximum atomic E-state index is 13.2. The standard InChI is InChI=1S/C33H23F2N3O8/c1-17-6-10-25(20(12-17)16-36)37-30(41)22-9-7-18(13-24(22)32(44)45)14-27(39)19-8-11-28(46-33(34)35)26(15-19)38-29(40)21-4-2-3-5-23(21)31(42)43/h2-13,15,33H,14H2,1H3,(H,37,41)(H,38,40)(H,42,43)(H,44,45). The van der Waals surface area contributed by atoms with Crippen LogP contribution in [0.4, 0.5) is 20.2 Å². The van der Waals surface area contributed by atoms with Crippen LogP contribution in [0.5, 0.6) is 5.75 Å². The Bertz CT molecular complexity index is 1930. The summed E-state index contributed by atoms with van der Waals surface area (Å²) in [6.07, 6.45) is -0.386.